The van der Waals surface area contributed by atoms with Crippen molar-refractivity contribution < 1.29 is 9.90 Å². The van der Waals surface area contributed by atoms with Crippen LogP contribution in [0.4, 0.5) is 0 Å². The molecule has 16 heavy (non-hydrogen) atoms. The summed E-state index contributed by atoms with van der Waals surface area (Å²) in [5, 5.41) is 13.3. The first kappa shape index (κ1) is 11.2. The van der Waals surface area contributed by atoms with Crippen molar-refractivity contribution >= 4 is 5.97 Å². The van der Waals surface area contributed by atoms with Gasteiger partial charge in [0.2, 0.25) is 0 Å². The van der Waals surface area contributed by atoms with E-state index >= 15 is 0 Å². The smallest absolute Gasteiger partial charge is 0.339 e. The van der Waals surface area contributed by atoms with Gasteiger partial charge < -0.3 is 5.11 Å². The van der Waals surface area contributed by atoms with Crippen LogP contribution in [0.1, 0.15) is 55.1 Å². The van der Waals surface area contributed by atoms with Gasteiger partial charge in [-0.05, 0) is 25.2 Å². The normalized spacial score (nSPS) is 15.7. The van der Waals surface area contributed by atoms with Crippen molar-refractivity contribution in [1.82, 2.24) is 9.78 Å². The largest absolute Gasteiger partial charge is 0.478 e. The molecule has 0 saturated heterocycles. The summed E-state index contributed by atoms with van der Waals surface area (Å²) in [7, 11) is 0. The van der Waals surface area contributed by atoms with Gasteiger partial charge in [0, 0.05) is 12.5 Å². The minimum absolute atomic E-state index is 0.395. The van der Waals surface area contributed by atoms with Crippen molar-refractivity contribution in [3.63, 3.8) is 0 Å². The third-order valence-corrected chi connectivity index (χ3v) is 2.99. The number of aryl methyl sites for hydroxylation is 1. The van der Waals surface area contributed by atoms with Crippen molar-refractivity contribution in [2.45, 2.75) is 45.6 Å². The summed E-state index contributed by atoms with van der Waals surface area (Å²) < 4.78 is 1.89. The maximum atomic E-state index is 11.1. The van der Waals surface area contributed by atoms with Gasteiger partial charge in [-0.2, -0.15) is 5.10 Å². The van der Waals surface area contributed by atoms with E-state index in [1.165, 1.54) is 6.20 Å². The molecule has 0 aliphatic heterocycles. The molecule has 0 amide bonds. The fourth-order valence-electron chi connectivity index (χ4n) is 1.91. The molecular formula is C12H18N2O2. The quantitative estimate of drug-likeness (QED) is 0.832. The lowest BCUT2D eigenvalue weighted by Crippen LogP contribution is -2.09. The highest BCUT2D eigenvalue weighted by atomic mass is 16.4. The Morgan fingerprint density at radius 3 is 2.81 bits per heavy atom. The molecule has 1 aliphatic carbocycles. The first-order valence-corrected chi connectivity index (χ1v) is 5.88. The fraction of sp³-hybridized carbons (Fsp3) is 0.667. The molecule has 4 nitrogen and oxygen atoms in total. The molecule has 1 aliphatic rings. The summed E-state index contributed by atoms with van der Waals surface area (Å²) in [6.45, 7) is 5.16. The second-order valence-corrected chi connectivity index (χ2v) is 4.93. The number of rotatable bonds is 5. The summed E-state index contributed by atoms with van der Waals surface area (Å²) in [5.41, 5.74) is 1.33. The number of carbonyl (C=O) groups is 1. The molecule has 1 N–H and O–H groups in total. The predicted molar refractivity (Wildman–Crippen MR) is 60.6 cm³/mol. The average Bonchev–Trinajstić information content (AvgIpc) is 2.95. The molecule has 0 atom stereocenters. The molecule has 2 rings (SSSR count). The molecule has 1 aromatic heterocycles. The van der Waals surface area contributed by atoms with Crippen LogP contribution in [-0.4, -0.2) is 20.9 Å². The Morgan fingerprint density at radius 2 is 2.31 bits per heavy atom. The fourth-order valence-corrected chi connectivity index (χ4v) is 1.91. The van der Waals surface area contributed by atoms with Crippen molar-refractivity contribution in [3.8, 4) is 0 Å². The van der Waals surface area contributed by atoms with Crippen LogP contribution < -0.4 is 0 Å². The van der Waals surface area contributed by atoms with E-state index in [0.717, 1.165) is 31.5 Å². The Bertz CT molecular complexity index is 392. The van der Waals surface area contributed by atoms with E-state index < -0.39 is 5.97 Å². The van der Waals surface area contributed by atoms with Crippen LogP contribution >= 0.6 is 0 Å². The lowest BCUT2D eigenvalue weighted by molar-refractivity contribution is 0.0695. The Labute approximate surface area is 95.3 Å². The molecule has 1 aromatic rings. The van der Waals surface area contributed by atoms with Crippen LogP contribution in [0.3, 0.4) is 0 Å². The summed E-state index contributed by atoms with van der Waals surface area (Å²) in [6, 6.07) is 0. The third kappa shape index (κ3) is 2.26. The number of aromatic carboxylic acids is 1. The van der Waals surface area contributed by atoms with Gasteiger partial charge in [-0.3, -0.25) is 4.68 Å². The zero-order valence-electron chi connectivity index (χ0n) is 9.81. The number of aromatic nitrogens is 2. The van der Waals surface area contributed by atoms with Gasteiger partial charge in [0.15, 0.2) is 0 Å². The lowest BCUT2D eigenvalue weighted by Gasteiger charge is -2.09. The zero-order valence-corrected chi connectivity index (χ0v) is 9.81. The second kappa shape index (κ2) is 4.28. The lowest BCUT2D eigenvalue weighted by atomic mass is 10.1. The van der Waals surface area contributed by atoms with Gasteiger partial charge in [0.05, 0.1) is 11.9 Å². The Kier molecular flexibility index (Phi) is 2.99. The van der Waals surface area contributed by atoms with Crippen molar-refractivity contribution in [2.24, 2.45) is 5.92 Å². The first-order chi connectivity index (χ1) is 7.59. The van der Waals surface area contributed by atoms with E-state index in [0.29, 0.717) is 17.4 Å². The standard InChI is InChI=1S/C12H18N2O2/c1-8(2)5-6-14-11(9-3-4-9)10(7-13-14)12(15)16/h7-9H,3-6H2,1-2H3,(H,15,16). The van der Waals surface area contributed by atoms with E-state index in [1.807, 2.05) is 4.68 Å². The molecule has 0 spiro atoms. The van der Waals surface area contributed by atoms with Gasteiger partial charge in [-0.1, -0.05) is 13.8 Å². The maximum Gasteiger partial charge on any atom is 0.339 e. The molecule has 0 bridgehead atoms. The second-order valence-electron chi connectivity index (χ2n) is 4.93. The first-order valence-electron chi connectivity index (χ1n) is 5.88. The van der Waals surface area contributed by atoms with Crippen molar-refractivity contribution in [2.75, 3.05) is 0 Å². The van der Waals surface area contributed by atoms with Gasteiger partial charge in [-0.15, -0.1) is 0 Å². The minimum Gasteiger partial charge on any atom is -0.478 e. The topological polar surface area (TPSA) is 55.1 Å². The summed E-state index contributed by atoms with van der Waals surface area (Å²) in [4.78, 5) is 11.1. The molecule has 1 fully saturated rings. The highest BCUT2D eigenvalue weighted by Gasteiger charge is 2.32. The molecule has 88 valence electrons. The van der Waals surface area contributed by atoms with E-state index in [-0.39, 0.29) is 0 Å². The van der Waals surface area contributed by atoms with Gasteiger partial charge >= 0.3 is 5.97 Å². The number of hydrogen-bond donors (Lipinski definition) is 1. The highest BCUT2D eigenvalue weighted by molar-refractivity contribution is 5.89. The SMILES string of the molecule is CC(C)CCn1ncc(C(=O)O)c1C1CC1. The molecule has 0 radical (unpaired) electrons. The summed E-state index contributed by atoms with van der Waals surface area (Å²) in [6.07, 6.45) is 4.75. The number of carboxylic acids is 1. The van der Waals surface area contributed by atoms with E-state index in [9.17, 15) is 4.79 Å². The Balaban J connectivity index is 2.20. The van der Waals surface area contributed by atoms with Crippen LogP contribution in [0.2, 0.25) is 0 Å². The predicted octanol–water partition coefficient (Wildman–Crippen LogP) is 2.50. The molecule has 1 saturated carbocycles. The molecule has 0 aromatic carbocycles. The molecular weight excluding hydrogens is 204 g/mol. The van der Waals surface area contributed by atoms with Crippen LogP contribution in [-0.2, 0) is 6.54 Å². The Hall–Kier alpha value is -1.32. The van der Waals surface area contributed by atoms with Crippen LogP contribution in [0, 0.1) is 5.92 Å². The minimum atomic E-state index is -0.849. The highest BCUT2D eigenvalue weighted by Crippen LogP contribution is 2.41. The summed E-state index contributed by atoms with van der Waals surface area (Å²) >= 11 is 0. The monoisotopic (exact) mass is 222 g/mol. The number of nitrogens with zero attached hydrogens (tertiary/aromatic N) is 2. The van der Waals surface area contributed by atoms with Gasteiger partial charge in [-0.25, -0.2) is 4.79 Å². The van der Waals surface area contributed by atoms with Gasteiger partial charge in [0.1, 0.15) is 5.56 Å². The van der Waals surface area contributed by atoms with E-state index in [1.54, 1.807) is 0 Å². The van der Waals surface area contributed by atoms with Crippen LogP contribution in [0.5, 0.6) is 0 Å². The number of carboxylic acid groups (broad SMARTS) is 1. The molecule has 0 unspecified atom stereocenters. The van der Waals surface area contributed by atoms with Crippen molar-refractivity contribution in [1.29, 1.82) is 0 Å². The number of hydrogen-bond acceptors (Lipinski definition) is 2. The Morgan fingerprint density at radius 1 is 1.62 bits per heavy atom. The van der Waals surface area contributed by atoms with Crippen molar-refractivity contribution in [3.05, 3.63) is 17.5 Å². The van der Waals surface area contributed by atoms with Gasteiger partial charge in [0.25, 0.3) is 0 Å². The summed E-state index contributed by atoms with van der Waals surface area (Å²) in [5.74, 6) is 0.197. The average molecular weight is 222 g/mol. The van der Waals surface area contributed by atoms with E-state index in [4.69, 9.17) is 5.11 Å². The van der Waals surface area contributed by atoms with Crippen LogP contribution in [0.25, 0.3) is 0 Å². The van der Waals surface area contributed by atoms with E-state index in [2.05, 4.69) is 18.9 Å². The molecule has 1 heterocycles. The zero-order chi connectivity index (χ0) is 11.7. The third-order valence-electron chi connectivity index (χ3n) is 2.99. The molecule has 4 heteroatoms. The van der Waals surface area contributed by atoms with Crippen LogP contribution in [0.15, 0.2) is 6.20 Å². The maximum absolute atomic E-state index is 11.1.